The summed E-state index contributed by atoms with van der Waals surface area (Å²) in [5.41, 5.74) is 3.61. The molecule has 1 unspecified atom stereocenters. The van der Waals surface area contributed by atoms with Crippen LogP contribution < -0.4 is 10.1 Å². The van der Waals surface area contributed by atoms with Gasteiger partial charge in [0.25, 0.3) is 5.91 Å². The average molecular weight is 502 g/mol. The zero-order chi connectivity index (χ0) is 25.5. The number of nitrogens with zero attached hydrogens (tertiary/aromatic N) is 4. The van der Waals surface area contributed by atoms with Gasteiger partial charge in [0.15, 0.2) is 0 Å². The highest BCUT2D eigenvalue weighted by Gasteiger charge is 2.39. The summed E-state index contributed by atoms with van der Waals surface area (Å²) in [4.78, 5) is 45.7. The zero-order valence-corrected chi connectivity index (χ0v) is 21.0. The van der Waals surface area contributed by atoms with Gasteiger partial charge in [0.1, 0.15) is 24.2 Å². The van der Waals surface area contributed by atoms with Gasteiger partial charge in [0.2, 0.25) is 11.8 Å². The lowest BCUT2D eigenvalue weighted by atomic mass is 10.0. The van der Waals surface area contributed by atoms with Gasteiger partial charge < -0.3 is 14.2 Å². The Morgan fingerprint density at radius 2 is 1.95 bits per heavy atom. The maximum Gasteiger partial charge on any atom is 0.255 e. The molecule has 3 aliphatic rings. The first kappa shape index (κ1) is 23.7. The largest absolute Gasteiger partial charge is 0.492 e. The Hall–Kier alpha value is -3.72. The lowest BCUT2D eigenvalue weighted by Gasteiger charge is -2.35. The number of rotatable bonds is 6. The average Bonchev–Trinajstić information content (AvgIpc) is 3.39. The third kappa shape index (κ3) is 4.48. The fourth-order valence-corrected chi connectivity index (χ4v) is 5.81. The van der Waals surface area contributed by atoms with Crippen molar-refractivity contribution >= 4 is 28.8 Å². The minimum Gasteiger partial charge on any atom is -0.492 e. The normalized spacial score (nSPS) is 22.4. The molecule has 4 heterocycles. The minimum absolute atomic E-state index is 0.169. The molecule has 0 spiro atoms. The van der Waals surface area contributed by atoms with E-state index in [2.05, 4.69) is 34.0 Å². The summed E-state index contributed by atoms with van der Waals surface area (Å²) in [6.45, 7) is 2.70. The minimum atomic E-state index is -0.611. The van der Waals surface area contributed by atoms with E-state index >= 15 is 0 Å². The number of carbonyl (C=O) groups is 3. The first-order valence-corrected chi connectivity index (χ1v) is 13.0. The van der Waals surface area contributed by atoms with Gasteiger partial charge >= 0.3 is 0 Å². The van der Waals surface area contributed by atoms with Crippen LogP contribution in [0.1, 0.15) is 53.8 Å². The molecule has 3 aromatic rings. The van der Waals surface area contributed by atoms with Gasteiger partial charge in [-0.05, 0) is 61.7 Å². The van der Waals surface area contributed by atoms with Gasteiger partial charge in [-0.3, -0.25) is 24.6 Å². The summed E-state index contributed by atoms with van der Waals surface area (Å²) < 4.78 is 8.43. The van der Waals surface area contributed by atoms with Crippen LogP contribution in [0.4, 0.5) is 0 Å². The third-order valence-electron chi connectivity index (χ3n) is 7.91. The molecule has 6 rings (SSSR count). The molecule has 3 aliphatic heterocycles. The van der Waals surface area contributed by atoms with Gasteiger partial charge in [-0.25, -0.2) is 4.98 Å². The summed E-state index contributed by atoms with van der Waals surface area (Å²) in [6, 6.07) is 13.4. The predicted molar refractivity (Wildman–Crippen MR) is 137 cm³/mol. The van der Waals surface area contributed by atoms with Crippen LogP contribution in [0.5, 0.6) is 5.75 Å². The fraction of sp³-hybridized carbons (Fsp3) is 0.429. The maximum absolute atomic E-state index is 13.0. The standard InChI is InChI=1S/C28H31N5O4/c1-31-23-8-3-2-7-22(23)29-25(31)16-32-13-5-4-6-19(32)17-37-20-9-10-21-18(14-20)15-33(28(21)36)24-11-12-26(34)30-27(24)35/h2-3,7-10,14,19,24H,4-6,11-13,15-17H2,1H3,(H,30,34,35)/t19-,24?/m1/s1. The second-order valence-corrected chi connectivity index (χ2v) is 10.2. The molecule has 9 nitrogen and oxygen atoms in total. The Kier molecular flexibility index (Phi) is 6.16. The van der Waals surface area contributed by atoms with Crippen LogP contribution in [0, 0.1) is 0 Å². The maximum atomic E-state index is 13.0. The molecule has 0 saturated carbocycles. The van der Waals surface area contributed by atoms with E-state index < -0.39 is 11.9 Å². The molecule has 2 atom stereocenters. The number of amides is 3. The number of imidazole rings is 1. The number of para-hydroxylation sites is 2. The first-order valence-electron chi connectivity index (χ1n) is 13.0. The van der Waals surface area contributed by atoms with Crippen LogP contribution in [0.15, 0.2) is 42.5 Å². The molecule has 3 amide bonds. The topological polar surface area (TPSA) is 96.8 Å². The molecule has 2 aromatic carbocycles. The summed E-state index contributed by atoms with van der Waals surface area (Å²) in [7, 11) is 2.07. The smallest absolute Gasteiger partial charge is 0.255 e. The Balaban J connectivity index is 1.12. The molecular weight excluding hydrogens is 470 g/mol. The van der Waals surface area contributed by atoms with E-state index in [1.54, 1.807) is 11.0 Å². The number of aromatic nitrogens is 2. The van der Waals surface area contributed by atoms with E-state index in [1.807, 2.05) is 24.3 Å². The molecule has 2 saturated heterocycles. The van der Waals surface area contributed by atoms with Crippen molar-refractivity contribution in [3.8, 4) is 5.75 Å². The summed E-state index contributed by atoms with van der Waals surface area (Å²) >= 11 is 0. The number of hydrogen-bond donors (Lipinski definition) is 1. The predicted octanol–water partition coefficient (Wildman–Crippen LogP) is 2.77. The number of aryl methyl sites for hydroxylation is 1. The van der Waals surface area contributed by atoms with E-state index in [0.717, 1.165) is 54.1 Å². The van der Waals surface area contributed by atoms with Crippen molar-refractivity contribution in [2.75, 3.05) is 13.2 Å². The van der Waals surface area contributed by atoms with Crippen LogP contribution in [-0.4, -0.2) is 62.3 Å². The van der Waals surface area contributed by atoms with Crippen molar-refractivity contribution in [2.24, 2.45) is 7.05 Å². The Labute approximate surface area is 215 Å². The lowest BCUT2D eigenvalue weighted by molar-refractivity contribution is -0.136. The van der Waals surface area contributed by atoms with Crippen molar-refractivity contribution < 1.29 is 19.1 Å². The van der Waals surface area contributed by atoms with Gasteiger partial charge in [-0.1, -0.05) is 18.6 Å². The molecule has 9 heteroatoms. The summed E-state index contributed by atoms with van der Waals surface area (Å²) in [6.07, 6.45) is 4.01. The van der Waals surface area contributed by atoms with Crippen LogP contribution in [0.2, 0.25) is 0 Å². The van der Waals surface area contributed by atoms with E-state index in [9.17, 15) is 14.4 Å². The molecule has 1 aromatic heterocycles. The number of nitrogens with one attached hydrogen (secondary N) is 1. The van der Waals surface area contributed by atoms with Crippen molar-refractivity contribution in [1.29, 1.82) is 0 Å². The number of likely N-dealkylation sites (tertiary alicyclic amines) is 1. The molecule has 0 bridgehead atoms. The van der Waals surface area contributed by atoms with Crippen molar-refractivity contribution in [3.63, 3.8) is 0 Å². The van der Waals surface area contributed by atoms with E-state index in [0.29, 0.717) is 25.1 Å². The molecule has 192 valence electrons. The van der Waals surface area contributed by atoms with Crippen LogP contribution in [0.25, 0.3) is 11.0 Å². The number of ether oxygens (including phenoxy) is 1. The number of piperidine rings is 2. The molecule has 37 heavy (non-hydrogen) atoms. The van der Waals surface area contributed by atoms with Crippen molar-refractivity contribution in [2.45, 2.75) is 57.3 Å². The highest BCUT2D eigenvalue weighted by atomic mass is 16.5. The number of fused-ring (bicyclic) bond motifs is 2. The number of carbonyl (C=O) groups excluding carboxylic acids is 3. The second-order valence-electron chi connectivity index (χ2n) is 10.2. The highest BCUT2D eigenvalue weighted by Crippen LogP contribution is 2.31. The lowest BCUT2D eigenvalue weighted by Crippen LogP contribution is -2.52. The van der Waals surface area contributed by atoms with Crippen molar-refractivity contribution in [3.05, 3.63) is 59.4 Å². The Morgan fingerprint density at radius 3 is 2.78 bits per heavy atom. The third-order valence-corrected chi connectivity index (χ3v) is 7.91. The van der Waals surface area contributed by atoms with Crippen molar-refractivity contribution in [1.82, 2.24) is 24.7 Å². The molecule has 2 fully saturated rings. The first-order chi connectivity index (χ1) is 18.0. The van der Waals surface area contributed by atoms with Crippen LogP contribution >= 0.6 is 0 Å². The SMILES string of the molecule is Cn1c(CN2CCCC[C@@H]2COc2ccc3c(c2)CN(C2CCC(=O)NC2=O)C3=O)nc2ccccc21. The molecule has 1 N–H and O–H groups in total. The zero-order valence-electron chi connectivity index (χ0n) is 21.0. The Bertz CT molecular complexity index is 1380. The van der Waals surface area contributed by atoms with Crippen LogP contribution in [0.3, 0.4) is 0 Å². The number of hydrogen-bond acceptors (Lipinski definition) is 6. The quantitative estimate of drug-likeness (QED) is 0.522. The van der Waals surface area contributed by atoms with Crippen LogP contribution in [-0.2, 0) is 29.7 Å². The number of benzene rings is 2. The van der Waals surface area contributed by atoms with Gasteiger partial charge in [-0.2, -0.15) is 0 Å². The molecule has 0 radical (unpaired) electrons. The fourth-order valence-electron chi connectivity index (χ4n) is 5.81. The van der Waals surface area contributed by atoms with E-state index in [1.165, 1.54) is 6.42 Å². The number of imide groups is 1. The van der Waals surface area contributed by atoms with E-state index in [4.69, 9.17) is 9.72 Å². The molecule has 0 aliphatic carbocycles. The highest BCUT2D eigenvalue weighted by molar-refractivity contribution is 6.05. The van der Waals surface area contributed by atoms with Gasteiger partial charge in [0.05, 0.1) is 17.6 Å². The van der Waals surface area contributed by atoms with E-state index in [-0.39, 0.29) is 24.3 Å². The Morgan fingerprint density at radius 1 is 1.08 bits per heavy atom. The summed E-state index contributed by atoms with van der Waals surface area (Å²) in [5, 5.41) is 2.35. The summed E-state index contributed by atoms with van der Waals surface area (Å²) in [5.74, 6) is 0.931. The monoisotopic (exact) mass is 501 g/mol. The molecular formula is C28H31N5O4. The van der Waals surface area contributed by atoms with Gasteiger partial charge in [0, 0.05) is 31.6 Å². The van der Waals surface area contributed by atoms with Gasteiger partial charge in [-0.15, -0.1) is 0 Å². The second kappa shape index (κ2) is 9.63.